The topological polar surface area (TPSA) is 66.9 Å². The van der Waals surface area contributed by atoms with Gasteiger partial charge in [-0.1, -0.05) is 0 Å². The van der Waals surface area contributed by atoms with Gasteiger partial charge in [0.2, 0.25) is 5.78 Å². The van der Waals surface area contributed by atoms with Gasteiger partial charge in [-0.2, -0.15) is 0 Å². The molecule has 1 N–H and O–H groups in total. The van der Waals surface area contributed by atoms with Crippen LogP contribution in [0.25, 0.3) is 0 Å². The number of Topliss-reactive ketones (excluding diaryl/α,β-unsaturated/α-hetero) is 1. The molecule has 1 saturated heterocycles. The summed E-state index contributed by atoms with van der Waals surface area (Å²) >= 11 is 0. The van der Waals surface area contributed by atoms with Crippen molar-refractivity contribution < 1.29 is 19.4 Å². The van der Waals surface area contributed by atoms with E-state index in [1.807, 2.05) is 0 Å². The van der Waals surface area contributed by atoms with E-state index in [1.165, 1.54) is 0 Å². The number of aliphatic hydroxyl groups is 1. The van der Waals surface area contributed by atoms with Crippen LogP contribution in [0.1, 0.15) is 0 Å². The Morgan fingerprint density at radius 2 is 2.10 bits per heavy atom. The fraction of sp³-hybridized carbons (Fsp3) is 0.333. The first-order chi connectivity index (χ1) is 4.70. The minimum Gasteiger partial charge on any atom is -0.504 e. The molecule has 0 radical (unpaired) electrons. The zero-order valence-corrected chi connectivity index (χ0v) is 4.90. The molecule has 1 heterocycles. The van der Waals surface area contributed by atoms with E-state index in [4.69, 9.17) is 5.11 Å². The van der Waals surface area contributed by atoms with Crippen LogP contribution in [0.5, 0.6) is 0 Å². The average molecular weight is 140 g/mol. The third kappa shape index (κ3) is 0.537. The molecular formula is C6H4O4. The number of carbonyl (C=O) groups is 2. The maximum absolute atomic E-state index is 10.7. The standard InChI is InChI=1S/C6H4O4/c7-2-1-3(8)5-6(10-5)4(2)9/h1,5-7H/t5-,6-/m1/s1. The largest absolute Gasteiger partial charge is 0.504 e. The van der Waals surface area contributed by atoms with Gasteiger partial charge >= 0.3 is 0 Å². The lowest BCUT2D eigenvalue weighted by Gasteiger charge is -1.98. The molecule has 0 aromatic rings. The predicted molar refractivity (Wildman–Crippen MR) is 29.4 cm³/mol. The van der Waals surface area contributed by atoms with Crippen molar-refractivity contribution in [1.29, 1.82) is 0 Å². The van der Waals surface area contributed by atoms with Crippen LogP contribution in [0.4, 0.5) is 0 Å². The average Bonchev–Trinajstić information content (AvgIpc) is 2.61. The molecule has 1 fully saturated rings. The van der Waals surface area contributed by atoms with Gasteiger partial charge in [-0.15, -0.1) is 0 Å². The fourth-order valence-electron chi connectivity index (χ4n) is 0.962. The van der Waals surface area contributed by atoms with E-state index in [0.717, 1.165) is 6.08 Å². The van der Waals surface area contributed by atoms with Crippen LogP contribution in [-0.4, -0.2) is 28.9 Å². The molecule has 0 amide bonds. The van der Waals surface area contributed by atoms with Crippen LogP contribution in [0.15, 0.2) is 11.8 Å². The smallest absolute Gasteiger partial charge is 0.229 e. The molecule has 0 bridgehead atoms. The van der Waals surface area contributed by atoms with Gasteiger partial charge in [-0.05, 0) is 0 Å². The number of rotatable bonds is 0. The second-order valence-electron chi connectivity index (χ2n) is 2.27. The minimum atomic E-state index is -0.683. The Kier molecular flexibility index (Phi) is 0.820. The van der Waals surface area contributed by atoms with E-state index in [-0.39, 0.29) is 5.78 Å². The Hall–Kier alpha value is -1.16. The number of fused-ring (bicyclic) bond motifs is 1. The SMILES string of the molecule is O=C1C=C(O)C(=O)[C@H]2O[C@H]12. The van der Waals surface area contributed by atoms with E-state index in [9.17, 15) is 9.59 Å². The maximum Gasteiger partial charge on any atom is 0.229 e. The summed E-state index contributed by atoms with van der Waals surface area (Å²) in [5, 5.41) is 8.76. The van der Waals surface area contributed by atoms with E-state index < -0.39 is 23.8 Å². The Morgan fingerprint density at radius 1 is 1.40 bits per heavy atom. The molecule has 0 aromatic carbocycles. The van der Waals surface area contributed by atoms with Crippen molar-refractivity contribution in [3.8, 4) is 0 Å². The van der Waals surface area contributed by atoms with Crippen LogP contribution < -0.4 is 0 Å². The van der Waals surface area contributed by atoms with E-state index in [2.05, 4.69) is 4.74 Å². The summed E-state index contributed by atoms with van der Waals surface area (Å²) in [6, 6.07) is 0. The zero-order valence-electron chi connectivity index (χ0n) is 4.90. The second kappa shape index (κ2) is 1.46. The summed E-state index contributed by atoms with van der Waals surface area (Å²) in [4.78, 5) is 21.4. The van der Waals surface area contributed by atoms with Crippen molar-refractivity contribution in [3.05, 3.63) is 11.8 Å². The van der Waals surface area contributed by atoms with Crippen molar-refractivity contribution in [3.63, 3.8) is 0 Å². The van der Waals surface area contributed by atoms with Crippen LogP contribution in [-0.2, 0) is 14.3 Å². The van der Waals surface area contributed by atoms with Gasteiger partial charge in [0.25, 0.3) is 0 Å². The van der Waals surface area contributed by atoms with Crippen LogP contribution >= 0.6 is 0 Å². The number of ketones is 2. The third-order valence-electron chi connectivity index (χ3n) is 1.56. The molecular weight excluding hydrogens is 136 g/mol. The minimum absolute atomic E-state index is 0.317. The number of ether oxygens (including phenoxy) is 1. The lowest BCUT2D eigenvalue weighted by atomic mass is 10.0. The molecule has 2 aliphatic rings. The monoisotopic (exact) mass is 140 g/mol. The molecule has 0 spiro atoms. The molecule has 1 aliphatic heterocycles. The van der Waals surface area contributed by atoms with Gasteiger partial charge in [0.1, 0.15) is 0 Å². The lowest BCUT2D eigenvalue weighted by molar-refractivity contribution is -0.121. The van der Waals surface area contributed by atoms with Crippen molar-refractivity contribution >= 4 is 11.6 Å². The van der Waals surface area contributed by atoms with Crippen molar-refractivity contribution in [1.82, 2.24) is 0 Å². The van der Waals surface area contributed by atoms with E-state index in [1.54, 1.807) is 0 Å². The molecule has 0 saturated carbocycles. The van der Waals surface area contributed by atoms with Gasteiger partial charge in [0.05, 0.1) is 0 Å². The Balaban J connectivity index is 2.39. The summed E-state index contributed by atoms with van der Waals surface area (Å²) in [7, 11) is 0. The summed E-state index contributed by atoms with van der Waals surface area (Å²) in [5.74, 6) is -1.28. The highest BCUT2D eigenvalue weighted by Crippen LogP contribution is 2.30. The normalized spacial score (nSPS) is 37.0. The molecule has 52 valence electrons. The Labute approximate surface area is 56.1 Å². The van der Waals surface area contributed by atoms with Gasteiger partial charge in [0, 0.05) is 6.08 Å². The Bertz CT molecular complexity index is 252. The first kappa shape index (κ1) is 5.61. The number of hydrogen-bond donors (Lipinski definition) is 1. The Morgan fingerprint density at radius 3 is 2.80 bits per heavy atom. The van der Waals surface area contributed by atoms with Gasteiger partial charge in [-0.3, -0.25) is 9.59 Å². The third-order valence-corrected chi connectivity index (χ3v) is 1.56. The summed E-state index contributed by atoms with van der Waals surface area (Å²) in [6.45, 7) is 0. The molecule has 0 unspecified atom stereocenters. The molecule has 10 heavy (non-hydrogen) atoms. The zero-order chi connectivity index (χ0) is 7.30. The highest BCUT2D eigenvalue weighted by atomic mass is 16.6. The van der Waals surface area contributed by atoms with Crippen LogP contribution in [0, 0.1) is 0 Å². The van der Waals surface area contributed by atoms with Crippen molar-refractivity contribution in [2.75, 3.05) is 0 Å². The number of hydrogen-bond acceptors (Lipinski definition) is 4. The quantitative estimate of drug-likeness (QED) is 0.454. The van der Waals surface area contributed by atoms with Crippen LogP contribution in [0.3, 0.4) is 0 Å². The highest BCUT2D eigenvalue weighted by molar-refractivity contribution is 6.14. The first-order valence-electron chi connectivity index (χ1n) is 2.84. The molecule has 4 heteroatoms. The summed E-state index contributed by atoms with van der Waals surface area (Å²) in [5.41, 5.74) is 0. The summed E-state index contributed by atoms with van der Waals surface area (Å²) in [6.07, 6.45) is -0.364. The maximum atomic E-state index is 10.7. The number of carbonyl (C=O) groups excluding carboxylic acids is 2. The number of epoxide rings is 1. The highest BCUT2D eigenvalue weighted by Gasteiger charge is 2.53. The van der Waals surface area contributed by atoms with E-state index in [0.29, 0.717) is 0 Å². The molecule has 2 rings (SSSR count). The van der Waals surface area contributed by atoms with E-state index >= 15 is 0 Å². The molecule has 0 aromatic heterocycles. The first-order valence-corrected chi connectivity index (χ1v) is 2.84. The van der Waals surface area contributed by atoms with Gasteiger partial charge in [0.15, 0.2) is 23.8 Å². The molecule has 1 aliphatic carbocycles. The van der Waals surface area contributed by atoms with Crippen LogP contribution in [0.2, 0.25) is 0 Å². The number of aliphatic hydroxyl groups excluding tert-OH is 1. The second-order valence-corrected chi connectivity index (χ2v) is 2.27. The molecule has 4 nitrogen and oxygen atoms in total. The molecule has 2 atom stereocenters. The summed E-state index contributed by atoms with van der Waals surface area (Å²) < 4.78 is 4.66. The fourth-order valence-corrected chi connectivity index (χ4v) is 0.962. The van der Waals surface area contributed by atoms with Gasteiger partial charge in [-0.25, -0.2) is 0 Å². The lowest BCUT2D eigenvalue weighted by Crippen LogP contribution is -2.22. The van der Waals surface area contributed by atoms with Crippen molar-refractivity contribution in [2.45, 2.75) is 12.2 Å². The van der Waals surface area contributed by atoms with Crippen molar-refractivity contribution in [2.24, 2.45) is 0 Å². The van der Waals surface area contributed by atoms with Gasteiger partial charge < -0.3 is 9.84 Å². The predicted octanol–water partition coefficient (Wildman–Crippen LogP) is -0.653.